The van der Waals surface area contributed by atoms with Gasteiger partial charge in [-0.3, -0.25) is 9.69 Å². The molecule has 0 aliphatic carbocycles. The Morgan fingerprint density at radius 1 is 1.27 bits per heavy atom. The number of phenolic OH excluding ortho intramolecular Hbond substituents is 1. The van der Waals surface area contributed by atoms with E-state index in [0.29, 0.717) is 5.56 Å². The molecule has 1 aromatic carbocycles. The van der Waals surface area contributed by atoms with Gasteiger partial charge in [-0.05, 0) is 30.4 Å². The smallest absolute Gasteiger partial charge is 0.237 e. The molecule has 0 bridgehead atoms. The van der Waals surface area contributed by atoms with Crippen molar-refractivity contribution in [1.29, 1.82) is 0 Å². The van der Waals surface area contributed by atoms with Crippen molar-refractivity contribution in [2.75, 3.05) is 19.8 Å². The Morgan fingerprint density at radius 2 is 1.95 bits per heavy atom. The van der Waals surface area contributed by atoms with E-state index in [0.717, 1.165) is 22.4 Å². The van der Waals surface area contributed by atoms with Gasteiger partial charge < -0.3 is 30.5 Å². The number of aromatic hydroxyl groups is 1. The maximum atomic E-state index is 13.4. The molecule has 9 nitrogen and oxygen atoms in total. The summed E-state index contributed by atoms with van der Waals surface area (Å²) in [6.45, 7) is 8.84. The third-order valence-electron chi connectivity index (χ3n) is 7.42. The summed E-state index contributed by atoms with van der Waals surface area (Å²) in [5.41, 5.74) is 2.42. The van der Waals surface area contributed by atoms with Gasteiger partial charge in [-0.2, -0.15) is 0 Å². The van der Waals surface area contributed by atoms with Crippen LogP contribution in [0.15, 0.2) is 23.7 Å². The standard InChI is InChI=1S/C27H39N3O6S/c1-16-23(37-15-29-16)17-6-7-18(22(35)8-17)10-28-25(36)21-9-19(34)11-30(21)24(26(2,3)4)20(12-31)27(5,13-32)14-33/h6-8,12,15,19-21,24,32-35H,9-11,13-14H2,1-5H3,(H,28,36)/t19-,20?,21-,24?/m1/s1. The number of thiazole rings is 1. The summed E-state index contributed by atoms with van der Waals surface area (Å²) in [7, 11) is 0. The number of benzene rings is 1. The number of aliphatic hydroxyl groups excluding tert-OH is 3. The maximum absolute atomic E-state index is 13.4. The summed E-state index contributed by atoms with van der Waals surface area (Å²) in [6.07, 6.45) is 0.166. The van der Waals surface area contributed by atoms with Crippen LogP contribution in [0.2, 0.25) is 0 Å². The first-order valence-electron chi connectivity index (χ1n) is 12.5. The zero-order chi connectivity index (χ0) is 27.5. The molecule has 1 saturated heterocycles. The minimum Gasteiger partial charge on any atom is -0.508 e. The zero-order valence-electron chi connectivity index (χ0n) is 22.1. The minimum atomic E-state index is -1.10. The van der Waals surface area contributed by atoms with E-state index < -0.39 is 48.1 Å². The van der Waals surface area contributed by atoms with E-state index in [1.165, 1.54) is 11.3 Å². The summed E-state index contributed by atoms with van der Waals surface area (Å²) in [5, 5.41) is 44.0. The molecule has 3 rings (SSSR count). The quantitative estimate of drug-likeness (QED) is 0.292. The van der Waals surface area contributed by atoms with E-state index in [9.17, 15) is 30.0 Å². The van der Waals surface area contributed by atoms with Crippen LogP contribution in [0.1, 0.15) is 45.4 Å². The van der Waals surface area contributed by atoms with E-state index >= 15 is 0 Å². The number of aldehydes is 1. The van der Waals surface area contributed by atoms with Crippen molar-refractivity contribution in [1.82, 2.24) is 15.2 Å². The summed E-state index contributed by atoms with van der Waals surface area (Å²) < 4.78 is 0. The van der Waals surface area contributed by atoms with Crippen LogP contribution in [0.3, 0.4) is 0 Å². The van der Waals surface area contributed by atoms with Crippen LogP contribution in [0.4, 0.5) is 0 Å². The van der Waals surface area contributed by atoms with Crippen molar-refractivity contribution in [2.24, 2.45) is 16.7 Å². The van der Waals surface area contributed by atoms with Crippen molar-refractivity contribution in [2.45, 2.75) is 65.8 Å². The first-order valence-corrected chi connectivity index (χ1v) is 13.3. The summed E-state index contributed by atoms with van der Waals surface area (Å²) >= 11 is 1.49. The van der Waals surface area contributed by atoms with Gasteiger partial charge >= 0.3 is 0 Å². The molecular formula is C27H39N3O6S. The van der Waals surface area contributed by atoms with E-state index in [1.807, 2.05) is 38.7 Å². The molecule has 5 N–H and O–H groups in total. The second kappa shape index (κ2) is 11.6. The highest BCUT2D eigenvalue weighted by Gasteiger charge is 2.51. The Bertz CT molecular complexity index is 1090. The van der Waals surface area contributed by atoms with Gasteiger partial charge in [0.2, 0.25) is 5.91 Å². The molecule has 10 heteroatoms. The molecule has 2 aromatic rings. The van der Waals surface area contributed by atoms with Crippen LogP contribution in [0, 0.1) is 23.7 Å². The van der Waals surface area contributed by atoms with Crippen LogP contribution >= 0.6 is 11.3 Å². The van der Waals surface area contributed by atoms with Gasteiger partial charge in [-0.1, -0.05) is 39.8 Å². The Labute approximate surface area is 222 Å². The monoisotopic (exact) mass is 533 g/mol. The predicted molar refractivity (Wildman–Crippen MR) is 142 cm³/mol. The number of aryl methyl sites for hydroxylation is 1. The normalized spacial score (nSPS) is 20.5. The molecule has 2 heterocycles. The molecule has 0 spiro atoms. The third-order valence-corrected chi connectivity index (χ3v) is 8.40. The van der Waals surface area contributed by atoms with Gasteiger partial charge in [0.15, 0.2) is 0 Å². The molecule has 4 atom stereocenters. The van der Waals surface area contributed by atoms with Gasteiger partial charge in [-0.15, -0.1) is 11.3 Å². The van der Waals surface area contributed by atoms with E-state index in [4.69, 9.17) is 0 Å². The number of rotatable bonds is 10. The Morgan fingerprint density at radius 3 is 2.46 bits per heavy atom. The van der Waals surface area contributed by atoms with E-state index in [2.05, 4.69) is 10.3 Å². The number of hydrogen-bond acceptors (Lipinski definition) is 9. The second-order valence-electron chi connectivity index (χ2n) is 11.4. The molecule has 0 radical (unpaired) electrons. The highest BCUT2D eigenvalue weighted by atomic mass is 32.1. The van der Waals surface area contributed by atoms with Gasteiger partial charge in [0.25, 0.3) is 0 Å². The number of nitrogens with zero attached hydrogens (tertiary/aromatic N) is 2. The van der Waals surface area contributed by atoms with Crippen molar-refractivity contribution in [3.05, 3.63) is 35.0 Å². The van der Waals surface area contributed by atoms with Crippen LogP contribution in [-0.2, 0) is 16.1 Å². The number of likely N-dealkylation sites (tertiary alicyclic amines) is 1. The number of carbonyl (C=O) groups is 2. The largest absolute Gasteiger partial charge is 0.508 e. The number of nitrogens with one attached hydrogen (secondary N) is 1. The SMILES string of the molecule is Cc1ncsc1-c1ccc(CNC(=O)[C@H]2C[C@@H](O)CN2C(C(C=O)C(C)(CO)CO)C(C)(C)C)c(O)c1. The summed E-state index contributed by atoms with van der Waals surface area (Å²) in [5.74, 6) is -1.05. The molecule has 204 valence electrons. The lowest BCUT2D eigenvalue weighted by atomic mass is 9.67. The Hall–Kier alpha value is -2.37. The fourth-order valence-corrected chi connectivity index (χ4v) is 6.06. The summed E-state index contributed by atoms with van der Waals surface area (Å²) in [4.78, 5) is 32.7. The maximum Gasteiger partial charge on any atom is 0.237 e. The van der Waals surface area contributed by atoms with Crippen molar-refractivity contribution in [3.63, 3.8) is 0 Å². The summed E-state index contributed by atoms with van der Waals surface area (Å²) in [6, 6.07) is 4.05. The van der Waals surface area contributed by atoms with Crippen LogP contribution in [0.25, 0.3) is 10.4 Å². The lowest BCUT2D eigenvalue weighted by Crippen LogP contribution is -2.59. The van der Waals surface area contributed by atoms with Crippen molar-refractivity contribution < 1.29 is 30.0 Å². The first kappa shape index (κ1) is 29.2. The average Bonchev–Trinajstić information content (AvgIpc) is 3.45. The highest BCUT2D eigenvalue weighted by Crippen LogP contribution is 2.41. The lowest BCUT2D eigenvalue weighted by Gasteiger charge is -2.48. The predicted octanol–water partition coefficient (Wildman–Crippen LogP) is 2.10. The molecule has 1 aromatic heterocycles. The fourth-order valence-electron chi connectivity index (χ4n) is 5.26. The minimum absolute atomic E-state index is 0.0594. The number of aromatic nitrogens is 1. The number of carbonyl (C=O) groups excluding carboxylic acids is 2. The molecule has 1 aliphatic rings. The van der Waals surface area contributed by atoms with Gasteiger partial charge in [-0.25, -0.2) is 4.98 Å². The molecular weight excluding hydrogens is 494 g/mol. The molecule has 1 aliphatic heterocycles. The van der Waals surface area contributed by atoms with Crippen LogP contribution in [-0.4, -0.2) is 80.4 Å². The number of phenols is 1. The van der Waals surface area contributed by atoms with Crippen LogP contribution < -0.4 is 5.32 Å². The molecule has 1 fully saturated rings. The molecule has 1 amide bonds. The second-order valence-corrected chi connectivity index (χ2v) is 12.2. The van der Waals surface area contributed by atoms with Gasteiger partial charge in [0.05, 0.1) is 41.4 Å². The number of β-amino-alcohol motifs (C(OH)–C–C–N with tert-alkyl or cyclic N) is 1. The van der Waals surface area contributed by atoms with E-state index in [1.54, 1.807) is 24.6 Å². The average molecular weight is 534 g/mol. The van der Waals surface area contributed by atoms with Crippen molar-refractivity contribution in [3.8, 4) is 16.2 Å². The molecule has 2 unspecified atom stereocenters. The molecule has 37 heavy (non-hydrogen) atoms. The Balaban J connectivity index is 1.82. The van der Waals surface area contributed by atoms with Crippen LogP contribution in [0.5, 0.6) is 5.75 Å². The number of amides is 1. The zero-order valence-corrected chi connectivity index (χ0v) is 23.0. The van der Waals surface area contributed by atoms with Crippen molar-refractivity contribution >= 4 is 23.5 Å². The van der Waals surface area contributed by atoms with E-state index in [-0.39, 0.29) is 31.2 Å². The lowest BCUT2D eigenvalue weighted by molar-refractivity contribution is -0.135. The van der Waals surface area contributed by atoms with Gasteiger partial charge in [0.1, 0.15) is 12.0 Å². The Kier molecular flexibility index (Phi) is 9.13. The number of hydrogen-bond donors (Lipinski definition) is 5. The highest BCUT2D eigenvalue weighted by molar-refractivity contribution is 7.13. The molecule has 0 saturated carbocycles. The fraction of sp³-hybridized carbons (Fsp3) is 0.593. The van der Waals surface area contributed by atoms with Gasteiger partial charge in [0, 0.05) is 36.0 Å². The number of aliphatic hydroxyl groups is 3. The topological polar surface area (TPSA) is 143 Å². The third kappa shape index (κ3) is 6.21. The first-order chi connectivity index (χ1) is 17.4.